The number of alkyl halides is 2. The smallest absolute Gasteiger partial charge is 0.459 e. The third-order valence-corrected chi connectivity index (χ3v) is 9.60. The van der Waals surface area contributed by atoms with Gasteiger partial charge in [-0.2, -0.15) is 23.8 Å². The summed E-state index contributed by atoms with van der Waals surface area (Å²) in [6.45, 7) is 7.58. The van der Waals surface area contributed by atoms with Crippen LogP contribution in [0.1, 0.15) is 26.5 Å². The lowest BCUT2D eigenvalue weighted by atomic mass is 9.96. The second-order valence-electron chi connectivity index (χ2n) is 11.8. The number of anilines is 1. The van der Waals surface area contributed by atoms with Crippen LogP contribution >= 0.6 is 7.75 Å². The van der Waals surface area contributed by atoms with Crippen LogP contribution in [0.2, 0.25) is 0 Å². The molecule has 18 heteroatoms. The topological polar surface area (TPSA) is 188 Å². The summed E-state index contributed by atoms with van der Waals surface area (Å²) in [5, 5.41) is 29.3. The summed E-state index contributed by atoms with van der Waals surface area (Å²) in [7, 11) is -2.99. The predicted octanol–water partition coefficient (Wildman–Crippen LogP) is 4.53. The van der Waals surface area contributed by atoms with Gasteiger partial charge in [0.25, 0.3) is 5.92 Å². The van der Waals surface area contributed by atoms with Crippen LogP contribution in [0.5, 0.6) is 11.6 Å². The molecule has 1 saturated heterocycles. The van der Waals surface area contributed by atoms with E-state index in [0.717, 1.165) is 5.39 Å². The lowest BCUT2D eigenvalue weighted by molar-refractivity contribution is -0.153. The van der Waals surface area contributed by atoms with Crippen molar-refractivity contribution in [2.24, 2.45) is 0 Å². The van der Waals surface area contributed by atoms with Gasteiger partial charge >= 0.3 is 13.7 Å². The van der Waals surface area contributed by atoms with Crippen LogP contribution in [0.4, 0.5) is 14.7 Å². The Bertz CT molecular complexity index is 1940. The second kappa shape index (κ2) is 15.4. The third-order valence-electron chi connectivity index (χ3n) is 7.97. The van der Waals surface area contributed by atoms with Crippen molar-refractivity contribution in [3.63, 3.8) is 0 Å². The standard InChI is InChI=1S/C33H39F2N6O9P/c1-6-8-16-46-28-25-27(38-31(36-5)39-28)41(19-37-25)30-32(4,44)26(42)24(49-30)17-48-51(45,40-20(3)29(43)47-18-33(34,35)7-2)50-23-15-11-13-21-12-9-10-14-22(21)23/h6-7,9-15,19-20,24,26,30,42,44H,1-2,8,16-18H2,3-5H3,(H,40,45)(H,36,38,39)/t20-,24?,26+,30?,32+,51?/m0/s1. The molecule has 1 fully saturated rings. The fraction of sp³-hybridized carbons (Fsp3) is 0.394. The Morgan fingerprint density at radius 3 is 2.71 bits per heavy atom. The van der Waals surface area contributed by atoms with Crippen LogP contribution in [-0.2, 0) is 23.4 Å². The van der Waals surface area contributed by atoms with Gasteiger partial charge in [-0.3, -0.25) is 13.9 Å². The number of nitrogens with zero attached hydrogens (tertiary/aromatic N) is 4. The Morgan fingerprint density at radius 1 is 1.24 bits per heavy atom. The average molecular weight is 733 g/mol. The Morgan fingerprint density at radius 2 is 1.98 bits per heavy atom. The maximum atomic E-state index is 14.3. The molecular formula is C33H39F2N6O9P. The summed E-state index contributed by atoms with van der Waals surface area (Å²) in [5.74, 6) is -4.20. The molecule has 5 rings (SSSR count). The Kier molecular flexibility index (Phi) is 11.4. The highest BCUT2D eigenvalue weighted by atomic mass is 31.2. The second-order valence-corrected chi connectivity index (χ2v) is 13.5. The van der Waals surface area contributed by atoms with Crippen molar-refractivity contribution < 1.29 is 51.6 Å². The lowest BCUT2D eigenvalue weighted by Gasteiger charge is -2.27. The van der Waals surface area contributed by atoms with E-state index in [-0.39, 0.29) is 35.3 Å². The first-order chi connectivity index (χ1) is 24.2. The molecule has 4 N–H and O–H groups in total. The average Bonchev–Trinajstić information content (AvgIpc) is 3.63. The van der Waals surface area contributed by atoms with Crippen molar-refractivity contribution in [1.82, 2.24) is 24.6 Å². The first kappa shape index (κ1) is 37.7. The van der Waals surface area contributed by atoms with E-state index in [2.05, 4.69) is 38.5 Å². The molecule has 1 aliphatic rings. The van der Waals surface area contributed by atoms with E-state index in [1.54, 1.807) is 49.5 Å². The Hall–Kier alpha value is -4.51. The summed E-state index contributed by atoms with van der Waals surface area (Å²) in [5.41, 5.74) is -1.50. The number of fused-ring (bicyclic) bond motifs is 2. The summed E-state index contributed by atoms with van der Waals surface area (Å²) in [4.78, 5) is 25.8. The van der Waals surface area contributed by atoms with Gasteiger partial charge in [-0.25, -0.2) is 9.55 Å². The van der Waals surface area contributed by atoms with Crippen LogP contribution in [0, 0.1) is 0 Å². The van der Waals surface area contributed by atoms with E-state index in [9.17, 15) is 28.4 Å². The summed E-state index contributed by atoms with van der Waals surface area (Å²) in [6.07, 6.45) is -0.334. The molecule has 3 unspecified atom stereocenters. The molecule has 0 radical (unpaired) electrons. The molecule has 1 aliphatic heterocycles. The summed E-state index contributed by atoms with van der Waals surface area (Å²) >= 11 is 0. The number of hydrogen-bond acceptors (Lipinski definition) is 13. The normalized spacial score (nSPS) is 22.3. The number of aliphatic hydroxyl groups excluding tert-OH is 1. The SMILES string of the molecule is C=CCCOc1nc(NC)nc2c1ncn2C1OC(COP(=O)(N[C@@H](C)C(=O)OCC(F)(F)C=C)Oc2cccc3ccccc23)[C@@H](O)[C@@]1(C)O. The molecule has 3 heterocycles. The van der Waals surface area contributed by atoms with E-state index in [1.807, 2.05) is 0 Å². The maximum Gasteiger partial charge on any atom is 0.459 e. The number of aromatic nitrogens is 4. The minimum Gasteiger partial charge on any atom is -0.476 e. The van der Waals surface area contributed by atoms with Crippen molar-refractivity contribution in [2.45, 2.75) is 56.3 Å². The molecule has 0 spiro atoms. The number of imidazole rings is 1. The monoisotopic (exact) mass is 732 g/mol. The molecule has 15 nitrogen and oxygen atoms in total. The number of halogens is 2. The van der Waals surface area contributed by atoms with Crippen LogP contribution in [0.15, 0.2) is 74.1 Å². The molecule has 274 valence electrons. The van der Waals surface area contributed by atoms with Crippen molar-refractivity contribution in [3.05, 3.63) is 74.1 Å². The van der Waals surface area contributed by atoms with Crippen LogP contribution in [0.3, 0.4) is 0 Å². The van der Waals surface area contributed by atoms with Crippen molar-refractivity contribution in [2.75, 3.05) is 32.2 Å². The maximum absolute atomic E-state index is 14.3. The molecule has 0 aliphatic carbocycles. The number of benzene rings is 2. The van der Waals surface area contributed by atoms with Gasteiger partial charge in [0, 0.05) is 12.4 Å². The fourth-order valence-electron chi connectivity index (χ4n) is 5.20. The molecule has 6 atom stereocenters. The van der Waals surface area contributed by atoms with Gasteiger partial charge in [-0.05, 0) is 37.8 Å². The quantitative estimate of drug-likeness (QED) is 0.0513. The molecule has 4 aromatic rings. The molecular weight excluding hydrogens is 693 g/mol. The highest BCUT2D eigenvalue weighted by Gasteiger charge is 2.54. The van der Waals surface area contributed by atoms with Crippen LogP contribution < -0.4 is 19.7 Å². The number of esters is 1. The largest absolute Gasteiger partial charge is 0.476 e. The summed E-state index contributed by atoms with van der Waals surface area (Å²) in [6, 6.07) is 10.5. The van der Waals surface area contributed by atoms with E-state index in [0.29, 0.717) is 17.9 Å². The summed E-state index contributed by atoms with van der Waals surface area (Å²) < 4.78 is 71.3. The van der Waals surface area contributed by atoms with Gasteiger partial charge in [0.15, 0.2) is 24.0 Å². The number of ether oxygens (including phenoxy) is 3. The molecule has 2 aromatic carbocycles. The molecule has 0 saturated carbocycles. The van der Waals surface area contributed by atoms with Crippen LogP contribution in [-0.4, -0.2) is 92.3 Å². The Labute approximate surface area is 291 Å². The van der Waals surface area contributed by atoms with E-state index in [1.165, 1.54) is 30.8 Å². The number of carbonyl (C=O) groups excluding carboxylic acids is 1. The predicted molar refractivity (Wildman–Crippen MR) is 183 cm³/mol. The van der Waals surface area contributed by atoms with Gasteiger partial charge in [0.05, 0.1) is 19.5 Å². The van der Waals surface area contributed by atoms with Crippen LogP contribution in [0.25, 0.3) is 21.9 Å². The van der Waals surface area contributed by atoms with Gasteiger partial charge in [0.1, 0.15) is 29.6 Å². The fourth-order valence-corrected chi connectivity index (χ4v) is 6.72. The number of hydrogen-bond donors (Lipinski definition) is 4. The highest BCUT2D eigenvalue weighted by Crippen LogP contribution is 2.48. The number of aliphatic hydroxyl groups is 2. The number of nitrogens with one attached hydrogen (secondary N) is 2. The number of rotatable bonds is 17. The molecule has 51 heavy (non-hydrogen) atoms. The zero-order chi connectivity index (χ0) is 37.0. The first-order valence-electron chi connectivity index (χ1n) is 15.8. The van der Waals surface area contributed by atoms with Gasteiger partial charge < -0.3 is 34.3 Å². The minimum atomic E-state index is -4.60. The van der Waals surface area contributed by atoms with Crippen molar-refractivity contribution in [1.29, 1.82) is 0 Å². The highest BCUT2D eigenvalue weighted by molar-refractivity contribution is 7.52. The zero-order valence-corrected chi connectivity index (χ0v) is 29.0. The van der Waals surface area contributed by atoms with Crippen molar-refractivity contribution in [3.8, 4) is 11.6 Å². The van der Waals surface area contributed by atoms with Crippen molar-refractivity contribution >= 4 is 41.6 Å². The Balaban J connectivity index is 1.40. The molecule has 2 aromatic heterocycles. The van der Waals surface area contributed by atoms with Gasteiger partial charge in [0.2, 0.25) is 11.8 Å². The first-order valence-corrected chi connectivity index (χ1v) is 17.4. The van der Waals surface area contributed by atoms with E-state index < -0.39 is 62.9 Å². The van der Waals surface area contributed by atoms with Gasteiger partial charge in [-0.1, -0.05) is 49.1 Å². The minimum absolute atomic E-state index is 0.108. The third kappa shape index (κ3) is 8.35. The molecule has 0 amide bonds. The lowest BCUT2D eigenvalue weighted by Crippen LogP contribution is -2.44. The van der Waals surface area contributed by atoms with E-state index >= 15 is 0 Å². The number of carbonyl (C=O) groups is 1. The molecule has 0 bridgehead atoms. The van der Waals surface area contributed by atoms with E-state index in [4.69, 9.17) is 23.3 Å². The van der Waals surface area contributed by atoms with Gasteiger partial charge in [-0.15, -0.1) is 6.58 Å². The zero-order valence-electron chi connectivity index (χ0n) is 28.1.